The number of allylic oxidation sites excluding steroid dienone is 4. The van der Waals surface area contributed by atoms with Crippen LogP contribution in [0.2, 0.25) is 0 Å². The topological polar surface area (TPSA) is 58.5 Å². The molecule has 0 atom stereocenters. The van der Waals surface area contributed by atoms with Gasteiger partial charge < -0.3 is 0 Å². The Labute approximate surface area is 217 Å². The fourth-order valence-electron chi connectivity index (χ4n) is 2.68. The molecule has 0 aromatic heterocycles. The van der Waals surface area contributed by atoms with Crippen LogP contribution in [-0.2, 0) is 9.84 Å². The molecule has 9 heteroatoms. The lowest BCUT2D eigenvalue weighted by Crippen LogP contribution is -2.27. The molecular formula is C28H34F4N2O2S. The van der Waals surface area contributed by atoms with Gasteiger partial charge in [-0.05, 0) is 60.4 Å². The van der Waals surface area contributed by atoms with Crippen LogP contribution >= 0.6 is 0 Å². The molecular weight excluding hydrogens is 504 g/mol. The Kier molecular flexibility index (Phi) is 14.1. The molecule has 37 heavy (non-hydrogen) atoms. The van der Waals surface area contributed by atoms with Crippen molar-refractivity contribution in [1.82, 2.24) is 5.43 Å². The highest BCUT2D eigenvalue weighted by Crippen LogP contribution is 2.34. The van der Waals surface area contributed by atoms with E-state index < -0.39 is 27.5 Å². The summed E-state index contributed by atoms with van der Waals surface area (Å²) in [5, 5.41) is 3.49. The zero-order valence-corrected chi connectivity index (χ0v) is 22.6. The van der Waals surface area contributed by atoms with E-state index in [1.807, 2.05) is 19.9 Å². The van der Waals surface area contributed by atoms with Gasteiger partial charge in [-0.15, -0.1) is 6.58 Å². The van der Waals surface area contributed by atoms with Gasteiger partial charge in [0, 0.05) is 17.5 Å². The first-order valence-corrected chi connectivity index (χ1v) is 13.3. The molecule has 2 rings (SSSR count). The van der Waals surface area contributed by atoms with Crippen molar-refractivity contribution in [2.24, 2.45) is 5.10 Å². The van der Waals surface area contributed by atoms with Crippen molar-refractivity contribution in [3.05, 3.63) is 103 Å². The number of hydrogen-bond donors (Lipinski definition) is 1. The standard InChI is InChI=1S/C22H20F4N2O2S.C4H8.C2H6/c1-5-14(2)27-28-21(22(24,25)26)20(17-6-10-18(23)11-7-17)15(3)16-8-12-19(13-9-16)31(4,29)30;1-3-4-2;1-2/h5-13,27H,1-2H2,3-4H3;3H,1,4H2,2H3;1-2H3/b20-15+,28-21+;;. The van der Waals surface area contributed by atoms with Gasteiger partial charge in [-0.1, -0.05) is 64.3 Å². The van der Waals surface area contributed by atoms with Crippen molar-refractivity contribution in [3.63, 3.8) is 0 Å². The van der Waals surface area contributed by atoms with Crippen LogP contribution in [0.5, 0.6) is 0 Å². The van der Waals surface area contributed by atoms with Gasteiger partial charge in [0.2, 0.25) is 0 Å². The van der Waals surface area contributed by atoms with Gasteiger partial charge in [0.25, 0.3) is 0 Å². The van der Waals surface area contributed by atoms with Gasteiger partial charge in [-0.25, -0.2) is 12.8 Å². The number of rotatable bonds is 8. The van der Waals surface area contributed by atoms with Crippen LogP contribution in [0.3, 0.4) is 0 Å². The second kappa shape index (κ2) is 15.6. The molecule has 0 unspecified atom stereocenters. The Balaban J connectivity index is 0.00000196. The quantitative estimate of drug-likeness (QED) is 0.0926. The SMILES string of the molecule is C=CC(=C)N/N=C(\C(=C(/C)c1ccc(S(C)(=O)=O)cc1)c1ccc(F)cc1)C(F)(F)F.C=CCC.CC. The predicted molar refractivity (Wildman–Crippen MR) is 146 cm³/mol. The average Bonchev–Trinajstić information content (AvgIpc) is 2.87. The minimum absolute atomic E-state index is 0.0287. The van der Waals surface area contributed by atoms with Gasteiger partial charge >= 0.3 is 6.18 Å². The van der Waals surface area contributed by atoms with Crippen LogP contribution < -0.4 is 5.43 Å². The number of nitrogens with one attached hydrogen (secondary N) is 1. The largest absolute Gasteiger partial charge is 0.435 e. The number of hydrazone groups is 1. The second-order valence-corrected chi connectivity index (χ2v) is 9.32. The molecule has 2 aromatic carbocycles. The summed E-state index contributed by atoms with van der Waals surface area (Å²) >= 11 is 0. The lowest BCUT2D eigenvalue weighted by atomic mass is 9.92. The minimum Gasteiger partial charge on any atom is -0.279 e. The molecule has 0 aliphatic heterocycles. The zero-order chi connectivity index (χ0) is 28.8. The van der Waals surface area contributed by atoms with E-state index in [-0.39, 0.29) is 27.3 Å². The van der Waals surface area contributed by atoms with E-state index in [1.54, 1.807) is 0 Å². The smallest absolute Gasteiger partial charge is 0.279 e. The Bertz CT molecular complexity index is 1210. The fourth-order valence-corrected chi connectivity index (χ4v) is 3.31. The first-order valence-electron chi connectivity index (χ1n) is 11.4. The summed E-state index contributed by atoms with van der Waals surface area (Å²) in [5.41, 5.74) is 1.27. The van der Waals surface area contributed by atoms with Gasteiger partial charge in [-0.3, -0.25) is 5.43 Å². The van der Waals surface area contributed by atoms with Gasteiger partial charge in [0.1, 0.15) is 5.82 Å². The van der Waals surface area contributed by atoms with Crippen LogP contribution in [0.4, 0.5) is 17.6 Å². The summed E-state index contributed by atoms with van der Waals surface area (Å²) in [7, 11) is -3.47. The van der Waals surface area contributed by atoms with E-state index in [9.17, 15) is 26.0 Å². The average molecular weight is 539 g/mol. The molecule has 0 spiro atoms. The molecule has 0 saturated heterocycles. The van der Waals surface area contributed by atoms with Crippen LogP contribution in [-0.4, -0.2) is 26.6 Å². The molecule has 0 radical (unpaired) electrons. The van der Waals surface area contributed by atoms with Gasteiger partial charge in [0.15, 0.2) is 15.5 Å². The Morgan fingerprint density at radius 3 is 1.84 bits per heavy atom. The lowest BCUT2D eigenvalue weighted by molar-refractivity contribution is -0.0574. The third-order valence-electron chi connectivity index (χ3n) is 4.58. The monoisotopic (exact) mass is 538 g/mol. The highest BCUT2D eigenvalue weighted by Gasteiger charge is 2.40. The van der Waals surface area contributed by atoms with Crippen LogP contribution in [0, 0.1) is 5.82 Å². The number of benzene rings is 2. The number of hydrogen-bond acceptors (Lipinski definition) is 4. The highest BCUT2D eigenvalue weighted by atomic mass is 32.2. The van der Waals surface area contributed by atoms with Crippen molar-refractivity contribution in [3.8, 4) is 0 Å². The summed E-state index contributed by atoms with van der Waals surface area (Å²) in [4.78, 5) is 0.0287. The molecule has 0 aliphatic rings. The highest BCUT2D eigenvalue weighted by molar-refractivity contribution is 7.90. The maximum Gasteiger partial charge on any atom is 0.435 e. The first-order chi connectivity index (χ1) is 17.3. The van der Waals surface area contributed by atoms with Crippen molar-refractivity contribution in [1.29, 1.82) is 0 Å². The molecule has 0 bridgehead atoms. The lowest BCUT2D eigenvalue weighted by Gasteiger charge is -2.18. The van der Waals surface area contributed by atoms with Crippen molar-refractivity contribution in [2.45, 2.75) is 45.2 Å². The molecule has 4 nitrogen and oxygen atoms in total. The number of halogens is 4. The van der Waals surface area contributed by atoms with Crippen molar-refractivity contribution in [2.75, 3.05) is 6.26 Å². The third kappa shape index (κ3) is 11.0. The second-order valence-electron chi connectivity index (χ2n) is 7.30. The maximum atomic E-state index is 14.0. The third-order valence-corrected chi connectivity index (χ3v) is 5.70. The first kappa shape index (κ1) is 33.5. The van der Waals surface area contributed by atoms with E-state index >= 15 is 0 Å². The summed E-state index contributed by atoms with van der Waals surface area (Å²) in [6.45, 7) is 17.9. The molecule has 0 saturated carbocycles. The molecule has 0 fully saturated rings. The van der Waals surface area contributed by atoms with Gasteiger partial charge in [0.05, 0.1) is 4.90 Å². The normalized spacial score (nSPS) is 12.1. The Morgan fingerprint density at radius 1 is 1.00 bits per heavy atom. The van der Waals surface area contributed by atoms with Crippen molar-refractivity contribution < 1.29 is 26.0 Å². The summed E-state index contributed by atoms with van der Waals surface area (Å²) in [6, 6.07) is 9.92. The van der Waals surface area contributed by atoms with Crippen LogP contribution in [0.25, 0.3) is 11.1 Å². The zero-order valence-electron chi connectivity index (χ0n) is 21.8. The number of nitrogens with zero attached hydrogens (tertiary/aromatic N) is 1. The molecule has 202 valence electrons. The number of alkyl halides is 3. The van der Waals surface area contributed by atoms with E-state index in [1.165, 1.54) is 49.4 Å². The van der Waals surface area contributed by atoms with Crippen molar-refractivity contribution >= 4 is 26.7 Å². The van der Waals surface area contributed by atoms with E-state index in [4.69, 9.17) is 0 Å². The minimum atomic E-state index is -4.87. The summed E-state index contributed by atoms with van der Waals surface area (Å²) < 4.78 is 78.7. The van der Waals surface area contributed by atoms with E-state index in [0.29, 0.717) is 5.56 Å². The maximum absolute atomic E-state index is 14.0. The molecule has 0 amide bonds. The van der Waals surface area contributed by atoms with E-state index in [0.717, 1.165) is 24.8 Å². The Morgan fingerprint density at radius 2 is 1.46 bits per heavy atom. The number of sulfone groups is 1. The molecule has 1 N–H and O–H groups in total. The Hall–Kier alpha value is -3.46. The van der Waals surface area contributed by atoms with Crippen LogP contribution in [0.1, 0.15) is 45.2 Å². The molecule has 0 heterocycles. The molecule has 2 aromatic rings. The fraction of sp³-hybridized carbons (Fsp3) is 0.250. The van der Waals surface area contributed by atoms with Crippen LogP contribution in [0.15, 0.2) is 96.1 Å². The van der Waals surface area contributed by atoms with E-state index in [2.05, 4.69) is 37.2 Å². The van der Waals surface area contributed by atoms with Gasteiger partial charge in [-0.2, -0.15) is 18.3 Å². The molecule has 0 aliphatic carbocycles. The summed E-state index contributed by atoms with van der Waals surface area (Å²) in [5.74, 6) is -0.609. The predicted octanol–water partition coefficient (Wildman–Crippen LogP) is 7.98. The summed E-state index contributed by atoms with van der Waals surface area (Å²) in [6.07, 6.45) is 0.322.